The summed E-state index contributed by atoms with van der Waals surface area (Å²) in [6, 6.07) is 18.6. The Morgan fingerprint density at radius 3 is 2.13 bits per heavy atom. The van der Waals surface area contributed by atoms with E-state index in [1.165, 1.54) is 0 Å². The van der Waals surface area contributed by atoms with Crippen LogP contribution < -0.4 is 5.32 Å². The summed E-state index contributed by atoms with van der Waals surface area (Å²) >= 11 is 0. The fraction of sp³-hybridized carbons (Fsp3) is 0.304. The first-order valence-corrected chi connectivity index (χ1v) is 12.0. The Kier molecular flexibility index (Phi) is 7.97. The maximum absolute atomic E-state index is 12.4. The van der Waals surface area contributed by atoms with E-state index in [4.69, 9.17) is 0 Å². The van der Waals surface area contributed by atoms with E-state index in [0.29, 0.717) is 31.9 Å². The highest BCUT2D eigenvalue weighted by Crippen LogP contribution is 2.08. The first kappa shape index (κ1) is 22.7. The zero-order valence-corrected chi connectivity index (χ0v) is 18.1. The fourth-order valence-corrected chi connectivity index (χ4v) is 4.46. The molecule has 1 aliphatic rings. The van der Waals surface area contributed by atoms with Crippen molar-refractivity contribution in [2.75, 3.05) is 49.5 Å². The van der Waals surface area contributed by atoms with Gasteiger partial charge >= 0.3 is 0 Å². The predicted octanol–water partition coefficient (Wildman–Crippen LogP) is 1.90. The lowest BCUT2D eigenvalue weighted by molar-refractivity contribution is -0.130. The van der Waals surface area contributed by atoms with Gasteiger partial charge < -0.3 is 10.2 Å². The average molecular weight is 442 g/mol. The molecular formula is C23H27N3O4S. The summed E-state index contributed by atoms with van der Waals surface area (Å²) in [5, 5.41) is 2.53. The molecular weight excluding hydrogens is 414 g/mol. The van der Waals surface area contributed by atoms with Crippen molar-refractivity contribution in [1.82, 2.24) is 9.80 Å². The van der Waals surface area contributed by atoms with Crippen LogP contribution in [0.1, 0.15) is 5.56 Å². The van der Waals surface area contributed by atoms with Gasteiger partial charge in [-0.1, -0.05) is 60.7 Å². The number of benzene rings is 2. The van der Waals surface area contributed by atoms with Crippen molar-refractivity contribution in [3.63, 3.8) is 0 Å². The highest BCUT2D eigenvalue weighted by atomic mass is 32.2. The van der Waals surface area contributed by atoms with Crippen LogP contribution in [-0.2, 0) is 19.4 Å². The minimum absolute atomic E-state index is 0.452. The van der Waals surface area contributed by atoms with E-state index >= 15 is 0 Å². The number of amides is 2. The number of sulfone groups is 1. The normalized spacial score (nSPS) is 15.2. The van der Waals surface area contributed by atoms with E-state index < -0.39 is 33.2 Å². The minimum Gasteiger partial charge on any atom is -0.339 e. The Bertz CT molecular complexity index is 1000. The highest BCUT2D eigenvalue weighted by Gasteiger charge is 2.26. The molecule has 1 fully saturated rings. The van der Waals surface area contributed by atoms with Crippen molar-refractivity contribution in [2.24, 2.45) is 0 Å². The summed E-state index contributed by atoms with van der Waals surface area (Å²) < 4.78 is 24.6. The van der Waals surface area contributed by atoms with Crippen LogP contribution in [0.25, 0.3) is 6.08 Å². The van der Waals surface area contributed by atoms with Crippen molar-refractivity contribution in [2.45, 2.75) is 0 Å². The molecule has 2 aromatic rings. The number of nitrogens with zero attached hydrogens (tertiary/aromatic N) is 2. The molecule has 2 amide bonds. The average Bonchev–Trinajstić information content (AvgIpc) is 2.75. The summed E-state index contributed by atoms with van der Waals surface area (Å²) in [6.45, 7) is 3.08. The molecule has 7 nitrogen and oxygen atoms in total. The zero-order chi connectivity index (χ0) is 22.1. The van der Waals surface area contributed by atoms with Gasteiger partial charge in [0.2, 0.25) is 11.8 Å². The van der Waals surface area contributed by atoms with Crippen LogP contribution >= 0.6 is 0 Å². The van der Waals surface area contributed by atoms with Crippen molar-refractivity contribution in [3.8, 4) is 0 Å². The topological polar surface area (TPSA) is 86.8 Å². The third kappa shape index (κ3) is 7.66. The minimum atomic E-state index is -3.84. The van der Waals surface area contributed by atoms with Gasteiger partial charge in [-0.05, 0) is 17.7 Å². The van der Waals surface area contributed by atoms with Gasteiger partial charge in [0.25, 0.3) is 0 Å². The van der Waals surface area contributed by atoms with Gasteiger partial charge in [-0.2, -0.15) is 0 Å². The van der Waals surface area contributed by atoms with Crippen LogP contribution in [0.2, 0.25) is 0 Å². The molecule has 1 saturated heterocycles. The first-order chi connectivity index (χ1) is 14.9. The number of rotatable bonds is 8. The third-order valence-electron chi connectivity index (χ3n) is 4.95. The van der Waals surface area contributed by atoms with E-state index in [1.807, 2.05) is 30.3 Å². The van der Waals surface area contributed by atoms with E-state index in [1.54, 1.807) is 35.2 Å². The second kappa shape index (κ2) is 10.9. The number of hydrogen-bond acceptors (Lipinski definition) is 5. The number of nitrogens with one attached hydrogen (secondary N) is 1. The standard InChI is InChI=1S/C23H27N3O4S/c27-22(24-21-11-5-2-6-12-21)18-31(29,30)19-23(28)26-16-14-25(15-17-26)13-7-10-20-8-3-1-4-9-20/h1-12H,13-19H2,(H,24,27)/b10-7+. The smallest absolute Gasteiger partial charge is 0.239 e. The maximum atomic E-state index is 12.4. The zero-order valence-electron chi connectivity index (χ0n) is 17.3. The van der Waals surface area contributed by atoms with Gasteiger partial charge in [-0.25, -0.2) is 8.42 Å². The Hall–Kier alpha value is -2.97. The molecule has 0 atom stereocenters. The van der Waals surface area contributed by atoms with Crippen LogP contribution in [-0.4, -0.2) is 74.3 Å². The Morgan fingerprint density at radius 2 is 1.48 bits per heavy atom. The largest absolute Gasteiger partial charge is 0.339 e. The molecule has 0 aliphatic carbocycles. The Morgan fingerprint density at radius 1 is 0.871 bits per heavy atom. The van der Waals surface area contributed by atoms with Crippen molar-refractivity contribution in [3.05, 3.63) is 72.3 Å². The monoisotopic (exact) mass is 441 g/mol. The molecule has 8 heteroatoms. The molecule has 0 unspecified atom stereocenters. The van der Waals surface area contributed by atoms with Crippen LogP contribution in [0.15, 0.2) is 66.7 Å². The number of carbonyl (C=O) groups is 2. The summed E-state index contributed by atoms with van der Waals surface area (Å²) in [4.78, 5) is 28.2. The van der Waals surface area contributed by atoms with Gasteiger partial charge in [0.05, 0.1) is 0 Å². The van der Waals surface area contributed by atoms with Gasteiger partial charge in [0, 0.05) is 38.4 Å². The van der Waals surface area contributed by atoms with E-state index in [-0.39, 0.29) is 0 Å². The van der Waals surface area contributed by atoms with E-state index in [2.05, 4.69) is 22.4 Å². The van der Waals surface area contributed by atoms with Gasteiger partial charge in [-0.15, -0.1) is 0 Å². The van der Waals surface area contributed by atoms with Crippen LogP contribution in [0.3, 0.4) is 0 Å². The van der Waals surface area contributed by atoms with Gasteiger partial charge in [0.1, 0.15) is 11.5 Å². The van der Waals surface area contributed by atoms with Crippen molar-refractivity contribution >= 4 is 33.4 Å². The molecule has 0 aromatic heterocycles. The van der Waals surface area contributed by atoms with Crippen molar-refractivity contribution < 1.29 is 18.0 Å². The lowest BCUT2D eigenvalue weighted by atomic mass is 10.2. The van der Waals surface area contributed by atoms with Crippen molar-refractivity contribution in [1.29, 1.82) is 0 Å². The lowest BCUT2D eigenvalue weighted by Gasteiger charge is -2.34. The molecule has 2 aromatic carbocycles. The predicted molar refractivity (Wildman–Crippen MR) is 122 cm³/mol. The number of hydrogen-bond donors (Lipinski definition) is 1. The van der Waals surface area contributed by atoms with E-state index in [0.717, 1.165) is 12.1 Å². The quantitative estimate of drug-likeness (QED) is 0.676. The number of carbonyl (C=O) groups excluding carboxylic acids is 2. The molecule has 0 saturated carbocycles. The van der Waals surface area contributed by atoms with Crippen LogP contribution in [0.5, 0.6) is 0 Å². The molecule has 0 bridgehead atoms. The highest BCUT2D eigenvalue weighted by molar-refractivity contribution is 7.92. The summed E-state index contributed by atoms with van der Waals surface area (Å²) in [5.74, 6) is -2.46. The fourth-order valence-electron chi connectivity index (χ4n) is 3.33. The molecule has 3 rings (SSSR count). The second-order valence-electron chi connectivity index (χ2n) is 7.44. The number of piperazine rings is 1. The molecule has 1 N–H and O–H groups in total. The van der Waals surface area contributed by atoms with Crippen LogP contribution in [0.4, 0.5) is 5.69 Å². The molecule has 164 valence electrons. The second-order valence-corrected chi connectivity index (χ2v) is 9.51. The molecule has 0 spiro atoms. The summed E-state index contributed by atoms with van der Waals surface area (Å²) in [6.07, 6.45) is 4.15. The third-order valence-corrected chi connectivity index (χ3v) is 6.34. The summed E-state index contributed by atoms with van der Waals surface area (Å²) in [5.41, 5.74) is 1.66. The number of anilines is 1. The Labute approximate surface area is 183 Å². The maximum Gasteiger partial charge on any atom is 0.239 e. The van der Waals surface area contributed by atoms with Gasteiger partial charge in [-0.3, -0.25) is 14.5 Å². The van der Waals surface area contributed by atoms with E-state index in [9.17, 15) is 18.0 Å². The SMILES string of the molecule is O=C(CS(=O)(=O)CC(=O)N1CCN(C/C=C/c2ccccc2)CC1)Nc1ccccc1. The first-order valence-electron chi connectivity index (χ1n) is 10.2. The molecule has 0 radical (unpaired) electrons. The van der Waals surface area contributed by atoms with Crippen LogP contribution in [0, 0.1) is 0 Å². The molecule has 31 heavy (non-hydrogen) atoms. The summed E-state index contributed by atoms with van der Waals surface area (Å²) in [7, 11) is -3.84. The molecule has 1 heterocycles. The number of para-hydroxylation sites is 1. The lowest BCUT2D eigenvalue weighted by Crippen LogP contribution is -2.50. The van der Waals surface area contributed by atoms with Gasteiger partial charge in [0.15, 0.2) is 9.84 Å². The Balaban J connectivity index is 1.41. The molecule has 1 aliphatic heterocycles.